The van der Waals surface area contributed by atoms with Gasteiger partial charge in [-0.2, -0.15) is 0 Å². The standard InChI is InChI=1S/C26H30N4O5/c1-27-23(32)26(24(33)28(2)25(27)34,12-18-7-4-5-9-21(18)35-3)16-29-13-17-11-19(15-29)20-8-6-10-22(31)30(20)14-17/h4-10,17,19H,11-16H2,1-3H3. The predicted molar refractivity (Wildman–Crippen MR) is 128 cm³/mol. The minimum atomic E-state index is -1.46. The number of pyridine rings is 1. The van der Waals surface area contributed by atoms with E-state index in [0.29, 0.717) is 25.4 Å². The topological polar surface area (TPSA) is 92.2 Å². The number of amides is 4. The number of ether oxygens (including phenoxy) is 1. The van der Waals surface area contributed by atoms with E-state index in [1.54, 1.807) is 25.3 Å². The van der Waals surface area contributed by atoms with Crippen molar-refractivity contribution in [2.45, 2.75) is 25.3 Å². The number of imide groups is 2. The molecule has 2 bridgehead atoms. The van der Waals surface area contributed by atoms with Crippen molar-refractivity contribution in [2.75, 3.05) is 40.8 Å². The summed E-state index contributed by atoms with van der Waals surface area (Å²) in [4.78, 5) is 56.7. The maximum atomic E-state index is 13.7. The number of hydrogen-bond donors (Lipinski definition) is 0. The molecule has 9 heteroatoms. The molecule has 184 valence electrons. The number of likely N-dealkylation sites (tertiary alicyclic amines) is 1. The highest BCUT2D eigenvalue weighted by Gasteiger charge is 2.57. The third-order valence-corrected chi connectivity index (χ3v) is 7.74. The number of carbonyl (C=O) groups excluding carboxylic acids is 3. The minimum absolute atomic E-state index is 0.0118. The number of methoxy groups -OCH3 is 1. The SMILES string of the molecule is COc1ccccc1CC1(CN2CC3CC(C2)c2cccc(=O)n2C3)C(=O)N(C)C(=O)N(C)C1=O. The predicted octanol–water partition coefficient (Wildman–Crippen LogP) is 1.56. The molecule has 4 amide bonds. The first kappa shape index (κ1) is 23.3. The van der Waals surface area contributed by atoms with Crippen molar-refractivity contribution in [2.24, 2.45) is 11.3 Å². The molecule has 3 aliphatic rings. The van der Waals surface area contributed by atoms with Crippen LogP contribution in [-0.4, -0.2) is 78.0 Å². The first-order valence-electron chi connectivity index (χ1n) is 11.9. The van der Waals surface area contributed by atoms with Crippen LogP contribution in [0.4, 0.5) is 4.79 Å². The number of carbonyl (C=O) groups is 3. The monoisotopic (exact) mass is 478 g/mol. The fourth-order valence-corrected chi connectivity index (χ4v) is 6.16. The average Bonchev–Trinajstić information content (AvgIpc) is 2.86. The lowest BCUT2D eigenvalue weighted by molar-refractivity contribution is -0.159. The number of nitrogens with zero attached hydrogens (tertiary/aromatic N) is 4. The Balaban J connectivity index is 1.52. The third-order valence-electron chi connectivity index (χ3n) is 7.74. The van der Waals surface area contributed by atoms with E-state index in [-0.39, 0.29) is 30.4 Å². The summed E-state index contributed by atoms with van der Waals surface area (Å²) < 4.78 is 7.37. The van der Waals surface area contributed by atoms with Crippen LogP contribution in [0.1, 0.15) is 23.6 Å². The van der Waals surface area contributed by atoms with E-state index in [0.717, 1.165) is 27.5 Å². The molecular weight excluding hydrogens is 448 g/mol. The Labute approximate surface area is 203 Å². The second-order valence-electron chi connectivity index (χ2n) is 9.97. The van der Waals surface area contributed by atoms with Crippen molar-refractivity contribution in [1.29, 1.82) is 0 Å². The summed E-state index contributed by atoms with van der Waals surface area (Å²) in [7, 11) is 4.42. The zero-order valence-corrected chi connectivity index (χ0v) is 20.3. The van der Waals surface area contributed by atoms with Gasteiger partial charge in [0.1, 0.15) is 11.2 Å². The zero-order chi connectivity index (χ0) is 24.9. The maximum Gasteiger partial charge on any atom is 0.332 e. The Morgan fingerprint density at radius 3 is 2.34 bits per heavy atom. The number of piperidine rings is 1. The minimum Gasteiger partial charge on any atom is -0.496 e. The molecule has 2 unspecified atom stereocenters. The van der Waals surface area contributed by atoms with Crippen LogP contribution in [0.5, 0.6) is 5.75 Å². The fraction of sp³-hybridized carbons (Fsp3) is 0.462. The van der Waals surface area contributed by atoms with Gasteiger partial charge in [-0.15, -0.1) is 0 Å². The summed E-state index contributed by atoms with van der Waals surface area (Å²) in [6.07, 6.45) is 1.10. The van der Waals surface area contributed by atoms with Gasteiger partial charge in [-0.3, -0.25) is 24.2 Å². The molecule has 0 aliphatic carbocycles. The Hall–Kier alpha value is -3.46. The molecule has 35 heavy (non-hydrogen) atoms. The number of hydrogen-bond acceptors (Lipinski definition) is 6. The number of fused-ring (bicyclic) bond motifs is 4. The Bertz CT molecular complexity index is 1230. The van der Waals surface area contributed by atoms with E-state index >= 15 is 0 Å². The van der Waals surface area contributed by atoms with Gasteiger partial charge in [0, 0.05) is 64.4 Å². The first-order chi connectivity index (χ1) is 16.7. The van der Waals surface area contributed by atoms with E-state index < -0.39 is 23.3 Å². The van der Waals surface area contributed by atoms with Crippen LogP contribution in [0.15, 0.2) is 47.3 Å². The summed E-state index contributed by atoms with van der Waals surface area (Å²) in [5, 5.41) is 0. The molecule has 2 atom stereocenters. The van der Waals surface area contributed by atoms with Gasteiger partial charge in [-0.05, 0) is 30.0 Å². The van der Waals surface area contributed by atoms with Crippen molar-refractivity contribution >= 4 is 17.8 Å². The van der Waals surface area contributed by atoms with Crippen LogP contribution < -0.4 is 10.3 Å². The molecule has 5 rings (SSSR count). The van der Waals surface area contributed by atoms with E-state index in [2.05, 4.69) is 4.90 Å². The normalized spacial score (nSPS) is 23.9. The second-order valence-corrected chi connectivity index (χ2v) is 9.97. The van der Waals surface area contributed by atoms with Crippen LogP contribution in [0.2, 0.25) is 0 Å². The Morgan fingerprint density at radius 2 is 1.63 bits per heavy atom. The largest absolute Gasteiger partial charge is 0.496 e. The molecule has 2 aromatic rings. The summed E-state index contributed by atoms with van der Waals surface area (Å²) in [6, 6.07) is 12.1. The number of rotatable bonds is 5. The van der Waals surface area contributed by atoms with Crippen molar-refractivity contribution in [3.05, 3.63) is 64.1 Å². The van der Waals surface area contributed by atoms with Crippen molar-refractivity contribution < 1.29 is 19.1 Å². The first-order valence-corrected chi connectivity index (χ1v) is 11.9. The summed E-state index contributed by atoms with van der Waals surface area (Å²) >= 11 is 0. The highest BCUT2D eigenvalue weighted by atomic mass is 16.5. The smallest absolute Gasteiger partial charge is 0.332 e. The van der Waals surface area contributed by atoms with Crippen LogP contribution in [0.25, 0.3) is 0 Å². The molecule has 2 fully saturated rings. The molecule has 2 saturated heterocycles. The van der Waals surface area contributed by atoms with Gasteiger partial charge < -0.3 is 14.2 Å². The van der Waals surface area contributed by atoms with E-state index in [1.807, 2.05) is 28.8 Å². The van der Waals surface area contributed by atoms with Gasteiger partial charge in [0.25, 0.3) is 5.56 Å². The Morgan fingerprint density at radius 1 is 0.914 bits per heavy atom. The van der Waals surface area contributed by atoms with E-state index in [1.165, 1.54) is 14.1 Å². The summed E-state index contributed by atoms with van der Waals surface area (Å²) in [6.45, 7) is 2.12. The number of barbiturate groups is 1. The molecule has 9 nitrogen and oxygen atoms in total. The van der Waals surface area contributed by atoms with E-state index in [9.17, 15) is 19.2 Å². The quantitative estimate of drug-likeness (QED) is 0.606. The van der Waals surface area contributed by atoms with Gasteiger partial charge in [-0.25, -0.2) is 4.79 Å². The third kappa shape index (κ3) is 3.74. The average molecular weight is 479 g/mol. The van der Waals surface area contributed by atoms with Crippen molar-refractivity contribution in [3.63, 3.8) is 0 Å². The number of aromatic nitrogens is 1. The fourth-order valence-electron chi connectivity index (χ4n) is 6.16. The van der Waals surface area contributed by atoms with Gasteiger partial charge in [0.2, 0.25) is 11.8 Å². The van der Waals surface area contributed by atoms with Gasteiger partial charge in [0.05, 0.1) is 7.11 Å². The molecule has 0 spiro atoms. The lowest BCUT2D eigenvalue weighted by Crippen LogP contribution is -2.67. The lowest BCUT2D eigenvalue weighted by Gasteiger charge is -2.48. The molecule has 1 aromatic heterocycles. The van der Waals surface area contributed by atoms with Crippen LogP contribution in [0.3, 0.4) is 0 Å². The van der Waals surface area contributed by atoms with E-state index in [4.69, 9.17) is 4.74 Å². The van der Waals surface area contributed by atoms with Gasteiger partial charge in [0.15, 0.2) is 0 Å². The molecule has 3 aliphatic heterocycles. The number of urea groups is 1. The van der Waals surface area contributed by atoms with Crippen molar-refractivity contribution in [3.8, 4) is 5.75 Å². The molecule has 4 heterocycles. The van der Waals surface area contributed by atoms with Gasteiger partial charge in [-0.1, -0.05) is 24.3 Å². The molecular formula is C26H30N4O5. The van der Waals surface area contributed by atoms with Crippen LogP contribution in [-0.2, 0) is 22.6 Å². The molecule has 0 saturated carbocycles. The second kappa shape index (κ2) is 8.64. The highest BCUT2D eigenvalue weighted by Crippen LogP contribution is 2.40. The highest BCUT2D eigenvalue weighted by molar-refractivity contribution is 6.19. The summed E-state index contributed by atoms with van der Waals surface area (Å²) in [5.74, 6) is -0.00708. The van der Waals surface area contributed by atoms with Gasteiger partial charge >= 0.3 is 6.03 Å². The Kier molecular flexibility index (Phi) is 5.75. The molecule has 1 aromatic carbocycles. The maximum absolute atomic E-state index is 13.7. The van der Waals surface area contributed by atoms with Crippen LogP contribution in [0, 0.1) is 11.3 Å². The number of benzene rings is 1. The molecule has 0 N–H and O–H groups in total. The molecule has 0 radical (unpaired) electrons. The van der Waals surface area contributed by atoms with Crippen LogP contribution >= 0.6 is 0 Å². The zero-order valence-electron chi connectivity index (χ0n) is 20.3. The number of para-hydroxylation sites is 1. The lowest BCUT2D eigenvalue weighted by atomic mass is 9.75. The summed E-state index contributed by atoms with van der Waals surface area (Å²) in [5.41, 5.74) is 0.288. The van der Waals surface area contributed by atoms with Crippen molar-refractivity contribution in [1.82, 2.24) is 19.3 Å².